The molecule has 0 aromatic carbocycles. The molecule has 0 aromatic heterocycles. The third-order valence-electron chi connectivity index (χ3n) is 1.23. The Morgan fingerprint density at radius 1 is 1.20 bits per heavy atom. The molecule has 0 saturated heterocycles. The van der Waals surface area contributed by atoms with E-state index in [4.69, 9.17) is 0 Å². The first-order valence-corrected chi connectivity index (χ1v) is 4.78. The second kappa shape index (κ2) is 4.84. The van der Waals surface area contributed by atoms with Gasteiger partial charge in [0.25, 0.3) is 0 Å². The van der Waals surface area contributed by atoms with Gasteiger partial charge >= 0.3 is 0 Å². The molecule has 0 atom stereocenters. The summed E-state index contributed by atoms with van der Waals surface area (Å²) >= 11 is 1.97. The van der Waals surface area contributed by atoms with E-state index in [2.05, 4.69) is 40.7 Å². The van der Waals surface area contributed by atoms with Crippen molar-refractivity contribution >= 4 is 11.8 Å². The van der Waals surface area contributed by atoms with Crippen molar-refractivity contribution in [2.75, 3.05) is 0 Å². The molecule has 0 N–H and O–H groups in total. The summed E-state index contributed by atoms with van der Waals surface area (Å²) in [6.45, 7) is 11.1. The lowest BCUT2D eigenvalue weighted by Crippen LogP contribution is -1.94. The predicted octanol–water partition coefficient (Wildman–Crippen LogP) is 3.69. The monoisotopic (exact) mass is 158 g/mol. The Morgan fingerprint density at radius 3 is 1.80 bits per heavy atom. The Balaban J connectivity index is 3.86. The van der Waals surface area contributed by atoms with Crippen LogP contribution in [0.4, 0.5) is 0 Å². The highest BCUT2D eigenvalue weighted by atomic mass is 32.2. The Hall–Kier alpha value is 0.0900. The third-order valence-corrected chi connectivity index (χ3v) is 2.68. The fraction of sp³-hybridized carbons (Fsp3) is 0.778. The van der Waals surface area contributed by atoms with Crippen LogP contribution in [0, 0.1) is 5.92 Å². The Labute approximate surface area is 69.1 Å². The normalized spacial score (nSPS) is 13.3. The van der Waals surface area contributed by atoms with E-state index in [1.165, 1.54) is 4.91 Å². The van der Waals surface area contributed by atoms with Crippen LogP contribution in [0.5, 0.6) is 0 Å². The smallest absolute Gasteiger partial charge is 0.00345 e. The van der Waals surface area contributed by atoms with E-state index in [0.717, 1.165) is 0 Å². The van der Waals surface area contributed by atoms with Gasteiger partial charge in [0.05, 0.1) is 0 Å². The van der Waals surface area contributed by atoms with E-state index < -0.39 is 0 Å². The minimum absolute atomic E-state index is 0.692. The van der Waals surface area contributed by atoms with Crippen LogP contribution in [0.2, 0.25) is 0 Å². The Bertz CT molecular complexity index is 112. The van der Waals surface area contributed by atoms with Crippen LogP contribution in [0.15, 0.2) is 11.0 Å². The summed E-state index contributed by atoms with van der Waals surface area (Å²) in [5, 5.41) is 0.716. The van der Waals surface area contributed by atoms with E-state index in [0.29, 0.717) is 11.2 Å². The molecule has 0 fully saturated rings. The van der Waals surface area contributed by atoms with Crippen LogP contribution in [-0.2, 0) is 0 Å². The molecule has 0 rings (SSSR count). The van der Waals surface area contributed by atoms with Crippen molar-refractivity contribution in [1.29, 1.82) is 0 Å². The van der Waals surface area contributed by atoms with E-state index in [9.17, 15) is 0 Å². The number of hydrogen-bond donors (Lipinski definition) is 0. The molecule has 0 saturated carbocycles. The minimum Gasteiger partial charge on any atom is -0.128 e. The van der Waals surface area contributed by atoms with Crippen molar-refractivity contribution < 1.29 is 0 Å². The van der Waals surface area contributed by atoms with Crippen LogP contribution < -0.4 is 0 Å². The average Bonchev–Trinajstić information content (AvgIpc) is 1.81. The number of thioether (sulfide) groups is 1. The van der Waals surface area contributed by atoms with Gasteiger partial charge < -0.3 is 0 Å². The van der Waals surface area contributed by atoms with Crippen molar-refractivity contribution in [1.82, 2.24) is 0 Å². The van der Waals surface area contributed by atoms with Crippen LogP contribution in [0.25, 0.3) is 0 Å². The van der Waals surface area contributed by atoms with Gasteiger partial charge in [0, 0.05) is 5.25 Å². The number of hydrogen-bond acceptors (Lipinski definition) is 1. The maximum absolute atomic E-state index is 2.24. The summed E-state index contributed by atoms with van der Waals surface area (Å²) < 4.78 is 0. The summed E-state index contributed by atoms with van der Waals surface area (Å²) in [7, 11) is 0. The second-order valence-corrected chi connectivity index (χ2v) is 4.66. The summed E-state index contributed by atoms with van der Waals surface area (Å²) in [5.41, 5.74) is 0. The third kappa shape index (κ3) is 3.99. The maximum atomic E-state index is 2.24. The fourth-order valence-electron chi connectivity index (χ4n) is 0.810. The quantitative estimate of drug-likeness (QED) is 0.603. The molecule has 0 nitrogen and oxygen atoms in total. The molecule has 0 spiro atoms. The summed E-state index contributed by atoms with van der Waals surface area (Å²) in [6.07, 6.45) is 2.22. The van der Waals surface area contributed by atoms with E-state index in [1.54, 1.807) is 0 Å². The maximum Gasteiger partial charge on any atom is 0.00345 e. The van der Waals surface area contributed by atoms with Crippen LogP contribution in [-0.4, -0.2) is 5.25 Å². The van der Waals surface area contributed by atoms with Gasteiger partial charge in [-0.05, 0) is 17.7 Å². The van der Waals surface area contributed by atoms with Crippen molar-refractivity contribution in [2.24, 2.45) is 5.92 Å². The van der Waals surface area contributed by atoms with Crippen LogP contribution >= 0.6 is 11.8 Å². The predicted molar refractivity (Wildman–Crippen MR) is 51.3 cm³/mol. The van der Waals surface area contributed by atoms with Crippen molar-refractivity contribution in [3.05, 3.63) is 11.0 Å². The van der Waals surface area contributed by atoms with Crippen LogP contribution in [0.3, 0.4) is 0 Å². The fourth-order valence-corrected chi connectivity index (χ4v) is 1.76. The average molecular weight is 158 g/mol. The molecular formula is C9H18S. The van der Waals surface area contributed by atoms with Gasteiger partial charge in [-0.25, -0.2) is 0 Å². The van der Waals surface area contributed by atoms with Crippen molar-refractivity contribution in [3.63, 3.8) is 0 Å². The first kappa shape index (κ1) is 10.1. The molecule has 0 aromatic rings. The molecular weight excluding hydrogens is 140 g/mol. The molecule has 10 heavy (non-hydrogen) atoms. The highest BCUT2D eigenvalue weighted by molar-refractivity contribution is 8.03. The van der Waals surface area contributed by atoms with E-state index in [-0.39, 0.29) is 0 Å². The molecule has 60 valence electrons. The van der Waals surface area contributed by atoms with Crippen molar-refractivity contribution in [2.45, 2.75) is 39.9 Å². The van der Waals surface area contributed by atoms with Gasteiger partial charge in [0.15, 0.2) is 0 Å². The molecule has 0 heterocycles. The molecule has 0 aliphatic rings. The zero-order valence-corrected chi connectivity index (χ0v) is 8.46. The lowest BCUT2D eigenvalue weighted by Gasteiger charge is -2.12. The molecule has 0 aliphatic heterocycles. The highest BCUT2D eigenvalue weighted by Gasteiger charge is 2.03. The van der Waals surface area contributed by atoms with Gasteiger partial charge in [-0.2, -0.15) is 0 Å². The SMILES string of the molecule is C/C=C(\SC(C)C)C(C)C. The number of rotatable bonds is 3. The molecule has 0 amide bonds. The highest BCUT2D eigenvalue weighted by Crippen LogP contribution is 2.27. The van der Waals surface area contributed by atoms with Crippen LogP contribution in [0.1, 0.15) is 34.6 Å². The Morgan fingerprint density at radius 2 is 1.70 bits per heavy atom. The lowest BCUT2D eigenvalue weighted by atomic mass is 10.2. The van der Waals surface area contributed by atoms with Gasteiger partial charge in [-0.15, -0.1) is 11.8 Å². The zero-order valence-electron chi connectivity index (χ0n) is 7.64. The van der Waals surface area contributed by atoms with Crippen molar-refractivity contribution in [3.8, 4) is 0 Å². The summed E-state index contributed by atoms with van der Waals surface area (Å²) in [6, 6.07) is 0. The molecule has 1 heteroatoms. The Kier molecular flexibility index (Phi) is 4.88. The first-order chi connectivity index (χ1) is 4.57. The molecule has 0 bridgehead atoms. The van der Waals surface area contributed by atoms with Gasteiger partial charge in [-0.3, -0.25) is 0 Å². The lowest BCUT2D eigenvalue weighted by molar-refractivity contribution is 0.813. The first-order valence-electron chi connectivity index (χ1n) is 3.90. The molecule has 0 unspecified atom stereocenters. The number of allylic oxidation sites excluding steroid dienone is 2. The summed E-state index contributed by atoms with van der Waals surface area (Å²) in [5.74, 6) is 0.692. The second-order valence-electron chi connectivity index (χ2n) is 3.01. The van der Waals surface area contributed by atoms with Gasteiger partial charge in [0.1, 0.15) is 0 Å². The van der Waals surface area contributed by atoms with E-state index >= 15 is 0 Å². The van der Waals surface area contributed by atoms with Gasteiger partial charge in [-0.1, -0.05) is 33.8 Å². The topological polar surface area (TPSA) is 0 Å². The minimum atomic E-state index is 0.692. The summed E-state index contributed by atoms with van der Waals surface area (Å²) in [4.78, 5) is 1.51. The standard InChI is InChI=1S/C9H18S/c1-6-9(7(2)3)10-8(4)5/h6-8H,1-5H3/b9-6-. The van der Waals surface area contributed by atoms with E-state index in [1.807, 2.05) is 11.8 Å². The molecule has 0 aliphatic carbocycles. The van der Waals surface area contributed by atoms with Gasteiger partial charge in [0.2, 0.25) is 0 Å². The largest absolute Gasteiger partial charge is 0.128 e. The molecule has 0 radical (unpaired) electrons. The zero-order chi connectivity index (χ0) is 8.15.